The molecule has 0 radical (unpaired) electrons. The number of benzene rings is 2. The molecule has 0 fully saturated rings. The molecule has 0 bridgehead atoms. The van der Waals surface area contributed by atoms with Gasteiger partial charge in [-0.1, -0.05) is 18.2 Å². The van der Waals surface area contributed by atoms with E-state index >= 15 is 0 Å². The first-order valence-corrected chi connectivity index (χ1v) is 10.8. The van der Waals surface area contributed by atoms with Crippen LogP contribution in [-0.2, 0) is 0 Å². The predicted molar refractivity (Wildman–Crippen MR) is 125 cm³/mol. The average molecular weight is 442 g/mol. The van der Waals surface area contributed by atoms with Gasteiger partial charge in [-0.25, -0.2) is 4.68 Å². The molecule has 0 unspecified atom stereocenters. The van der Waals surface area contributed by atoms with Gasteiger partial charge in [0.05, 0.1) is 10.6 Å². The Kier molecular flexibility index (Phi) is 5.12. The van der Waals surface area contributed by atoms with E-state index < -0.39 is 0 Å². The number of hydrogen-bond acceptors (Lipinski definition) is 6. The molecule has 2 aromatic carbocycles. The summed E-state index contributed by atoms with van der Waals surface area (Å²) < 4.78 is 8.60. The Morgan fingerprint density at radius 2 is 1.78 bits per heavy atom. The first-order valence-electron chi connectivity index (χ1n) is 10.0. The van der Waals surface area contributed by atoms with Crippen molar-refractivity contribution in [3.63, 3.8) is 0 Å². The molecular formula is C24H19N5O2S. The van der Waals surface area contributed by atoms with Crippen LogP contribution in [0.1, 0.15) is 21.1 Å². The fourth-order valence-corrected chi connectivity index (χ4v) is 4.31. The maximum absolute atomic E-state index is 12.6. The SMILES string of the molecule is Cc1cc(C)n(-c2ccc(Oc3ccc(NC(=O)c4cc5ccccc5s4)cc3)nn2)n1. The lowest BCUT2D eigenvalue weighted by Crippen LogP contribution is -2.09. The molecule has 7 nitrogen and oxygen atoms in total. The zero-order chi connectivity index (χ0) is 22.1. The molecule has 0 aliphatic carbocycles. The number of carbonyl (C=O) groups excluding carboxylic acids is 1. The van der Waals surface area contributed by atoms with Crippen LogP contribution in [0.2, 0.25) is 0 Å². The third-order valence-electron chi connectivity index (χ3n) is 4.84. The van der Waals surface area contributed by atoms with Gasteiger partial charge in [-0.2, -0.15) is 5.10 Å². The van der Waals surface area contributed by atoms with Crippen LogP contribution in [0.4, 0.5) is 5.69 Å². The summed E-state index contributed by atoms with van der Waals surface area (Å²) in [6, 6.07) is 22.5. The molecule has 0 aliphatic heterocycles. The topological polar surface area (TPSA) is 81.9 Å². The monoisotopic (exact) mass is 441 g/mol. The Morgan fingerprint density at radius 1 is 0.969 bits per heavy atom. The van der Waals surface area contributed by atoms with E-state index in [4.69, 9.17) is 4.74 Å². The highest BCUT2D eigenvalue weighted by Crippen LogP contribution is 2.27. The highest BCUT2D eigenvalue weighted by molar-refractivity contribution is 7.20. The van der Waals surface area contributed by atoms with Crippen LogP contribution in [0.15, 0.2) is 72.8 Å². The Hall–Kier alpha value is -4.04. The second-order valence-corrected chi connectivity index (χ2v) is 8.38. The second-order valence-electron chi connectivity index (χ2n) is 7.30. The summed E-state index contributed by atoms with van der Waals surface area (Å²) in [5, 5.41) is 16.7. The van der Waals surface area contributed by atoms with Crippen molar-refractivity contribution in [2.75, 3.05) is 5.32 Å². The second kappa shape index (κ2) is 8.24. The third kappa shape index (κ3) is 4.08. The quantitative estimate of drug-likeness (QED) is 0.387. The van der Waals surface area contributed by atoms with E-state index in [1.807, 2.05) is 50.2 Å². The third-order valence-corrected chi connectivity index (χ3v) is 5.95. The zero-order valence-electron chi connectivity index (χ0n) is 17.4. The van der Waals surface area contributed by atoms with E-state index in [-0.39, 0.29) is 5.91 Å². The number of aryl methyl sites for hydroxylation is 2. The van der Waals surface area contributed by atoms with Crippen LogP contribution >= 0.6 is 11.3 Å². The Balaban J connectivity index is 1.24. The van der Waals surface area contributed by atoms with Crippen molar-refractivity contribution in [1.29, 1.82) is 0 Å². The largest absolute Gasteiger partial charge is 0.438 e. The highest BCUT2D eigenvalue weighted by atomic mass is 32.1. The summed E-state index contributed by atoms with van der Waals surface area (Å²) in [4.78, 5) is 13.2. The first kappa shape index (κ1) is 19.9. The van der Waals surface area contributed by atoms with Gasteiger partial charge >= 0.3 is 0 Å². The maximum Gasteiger partial charge on any atom is 0.265 e. The van der Waals surface area contributed by atoms with Gasteiger partial charge in [0.2, 0.25) is 5.88 Å². The van der Waals surface area contributed by atoms with Crippen molar-refractivity contribution in [2.24, 2.45) is 0 Å². The minimum Gasteiger partial charge on any atom is -0.438 e. The molecule has 3 heterocycles. The lowest BCUT2D eigenvalue weighted by Gasteiger charge is -2.07. The van der Waals surface area contributed by atoms with Gasteiger partial charge in [0.15, 0.2) is 5.82 Å². The number of fused-ring (bicyclic) bond motifs is 1. The molecule has 1 amide bonds. The van der Waals surface area contributed by atoms with Gasteiger partial charge < -0.3 is 10.1 Å². The van der Waals surface area contributed by atoms with Crippen LogP contribution in [0.25, 0.3) is 15.9 Å². The van der Waals surface area contributed by atoms with Crippen LogP contribution in [-0.4, -0.2) is 25.9 Å². The number of anilines is 1. The summed E-state index contributed by atoms with van der Waals surface area (Å²) in [5.41, 5.74) is 2.59. The van der Waals surface area contributed by atoms with Gasteiger partial charge in [-0.15, -0.1) is 21.5 Å². The summed E-state index contributed by atoms with van der Waals surface area (Å²) in [6.45, 7) is 3.90. The first-order chi connectivity index (χ1) is 15.5. The van der Waals surface area contributed by atoms with E-state index in [0.29, 0.717) is 28.0 Å². The van der Waals surface area contributed by atoms with E-state index in [1.54, 1.807) is 41.1 Å². The summed E-state index contributed by atoms with van der Waals surface area (Å²) in [7, 11) is 0. The number of hydrogen-bond donors (Lipinski definition) is 1. The van der Waals surface area contributed by atoms with Gasteiger partial charge in [-0.3, -0.25) is 4.79 Å². The van der Waals surface area contributed by atoms with Gasteiger partial charge in [0.25, 0.3) is 5.91 Å². The fraction of sp³-hybridized carbons (Fsp3) is 0.0833. The maximum atomic E-state index is 12.6. The molecule has 0 saturated carbocycles. The zero-order valence-corrected chi connectivity index (χ0v) is 18.3. The number of thiophene rings is 1. The Bertz CT molecular complexity index is 1370. The van der Waals surface area contributed by atoms with E-state index in [9.17, 15) is 4.79 Å². The number of ether oxygens (including phenoxy) is 1. The van der Waals surface area contributed by atoms with Crippen LogP contribution in [0.3, 0.4) is 0 Å². The van der Waals surface area contributed by atoms with Gasteiger partial charge in [-0.05, 0) is 67.8 Å². The molecular weight excluding hydrogens is 422 g/mol. The van der Waals surface area contributed by atoms with Crippen LogP contribution < -0.4 is 10.1 Å². The molecule has 0 atom stereocenters. The molecule has 1 N–H and O–H groups in total. The molecule has 8 heteroatoms. The van der Waals surface area contributed by atoms with Gasteiger partial charge in [0, 0.05) is 22.1 Å². The number of nitrogens with one attached hydrogen (secondary N) is 1. The molecule has 3 aromatic heterocycles. The van der Waals surface area contributed by atoms with E-state index in [0.717, 1.165) is 21.5 Å². The summed E-state index contributed by atoms with van der Waals surface area (Å²) in [6.07, 6.45) is 0. The van der Waals surface area contributed by atoms with Crippen molar-refractivity contribution >= 4 is 33.0 Å². The molecule has 0 saturated heterocycles. The van der Waals surface area contributed by atoms with E-state index in [2.05, 4.69) is 20.6 Å². The van der Waals surface area contributed by atoms with Crippen molar-refractivity contribution in [1.82, 2.24) is 20.0 Å². The lowest BCUT2D eigenvalue weighted by atomic mass is 10.2. The Morgan fingerprint density at radius 3 is 2.47 bits per heavy atom. The van der Waals surface area contributed by atoms with E-state index in [1.165, 1.54) is 11.3 Å². The molecule has 0 aliphatic rings. The Labute approximate surface area is 188 Å². The molecule has 0 spiro atoms. The number of nitrogens with zero attached hydrogens (tertiary/aromatic N) is 4. The highest BCUT2D eigenvalue weighted by Gasteiger charge is 2.11. The smallest absolute Gasteiger partial charge is 0.265 e. The van der Waals surface area contributed by atoms with Crippen LogP contribution in [0, 0.1) is 13.8 Å². The standard InChI is InChI=1S/C24H19N5O2S/c1-15-13-16(2)29(28-15)22-11-12-23(27-26-22)31-19-9-7-18(8-10-19)25-24(30)21-14-17-5-3-4-6-20(17)32-21/h3-14H,1-2H3,(H,25,30). The minimum atomic E-state index is -0.134. The molecule has 32 heavy (non-hydrogen) atoms. The van der Waals surface area contributed by atoms with Crippen molar-refractivity contribution < 1.29 is 9.53 Å². The number of carbonyl (C=O) groups is 1. The fourth-order valence-electron chi connectivity index (χ4n) is 3.35. The summed E-state index contributed by atoms with van der Waals surface area (Å²) >= 11 is 1.47. The van der Waals surface area contributed by atoms with Crippen LogP contribution in [0.5, 0.6) is 11.6 Å². The number of amides is 1. The average Bonchev–Trinajstić information content (AvgIpc) is 3.38. The molecule has 5 rings (SSSR count). The van der Waals surface area contributed by atoms with Crippen molar-refractivity contribution in [2.45, 2.75) is 13.8 Å². The molecule has 158 valence electrons. The van der Waals surface area contributed by atoms with Gasteiger partial charge in [0.1, 0.15) is 5.75 Å². The minimum absolute atomic E-state index is 0.134. The normalized spacial score (nSPS) is 10.9. The molecule has 5 aromatic rings. The number of aromatic nitrogens is 4. The number of rotatable bonds is 5. The van der Waals surface area contributed by atoms with Crippen molar-refractivity contribution in [3.05, 3.63) is 89.1 Å². The summed E-state index contributed by atoms with van der Waals surface area (Å²) in [5.74, 6) is 1.46. The lowest BCUT2D eigenvalue weighted by molar-refractivity contribution is 0.103. The predicted octanol–water partition coefficient (Wildman–Crippen LogP) is 5.54. The van der Waals surface area contributed by atoms with Crippen molar-refractivity contribution in [3.8, 4) is 17.4 Å².